The Balaban J connectivity index is 1.73. The van der Waals surface area contributed by atoms with Crippen LogP contribution in [-0.4, -0.2) is 31.2 Å². The summed E-state index contributed by atoms with van der Waals surface area (Å²) < 4.78 is 1.44. The maximum atomic E-state index is 12.8. The fraction of sp³-hybridized carbons (Fsp3) is 0.316. The van der Waals surface area contributed by atoms with Crippen LogP contribution >= 0.6 is 0 Å². The zero-order valence-electron chi connectivity index (χ0n) is 15.5. The van der Waals surface area contributed by atoms with Crippen molar-refractivity contribution in [3.8, 4) is 0 Å². The Bertz CT molecular complexity index is 1080. The van der Waals surface area contributed by atoms with Crippen molar-refractivity contribution in [2.45, 2.75) is 33.3 Å². The van der Waals surface area contributed by atoms with E-state index in [4.69, 9.17) is 5.11 Å². The van der Waals surface area contributed by atoms with Crippen molar-refractivity contribution in [1.29, 1.82) is 0 Å². The maximum Gasteiger partial charge on any atom is 0.278 e. The van der Waals surface area contributed by atoms with Crippen molar-refractivity contribution in [2.24, 2.45) is 0 Å². The molecular weight excluding hydrogens is 344 g/mol. The van der Waals surface area contributed by atoms with Crippen molar-refractivity contribution < 1.29 is 5.11 Å². The number of rotatable bonds is 4. The summed E-state index contributed by atoms with van der Waals surface area (Å²) in [6.45, 7) is 6.50. The topological polar surface area (TPSA) is 98.6 Å². The van der Waals surface area contributed by atoms with E-state index in [0.29, 0.717) is 12.2 Å². The molecule has 27 heavy (non-hydrogen) atoms. The summed E-state index contributed by atoms with van der Waals surface area (Å²) in [4.78, 5) is 20.5. The number of anilines is 1. The van der Waals surface area contributed by atoms with Crippen LogP contribution in [0, 0.1) is 6.92 Å². The van der Waals surface area contributed by atoms with Crippen LogP contribution in [0.25, 0.3) is 11.2 Å². The quantitative estimate of drug-likeness (QED) is 0.650. The minimum absolute atomic E-state index is 0.0325. The summed E-state index contributed by atoms with van der Waals surface area (Å²) in [5.41, 5.74) is 8.15. The minimum Gasteiger partial charge on any atom is -0.392 e. The number of pyridine rings is 1. The van der Waals surface area contributed by atoms with E-state index >= 15 is 0 Å². The van der Waals surface area contributed by atoms with Gasteiger partial charge in [0.1, 0.15) is 11.5 Å². The van der Waals surface area contributed by atoms with Gasteiger partial charge in [0.15, 0.2) is 0 Å². The zero-order valence-corrected chi connectivity index (χ0v) is 15.5. The number of aryl methyl sites for hydroxylation is 1. The molecule has 1 aliphatic heterocycles. The lowest BCUT2D eigenvalue weighted by molar-refractivity contribution is 0.281. The van der Waals surface area contributed by atoms with E-state index in [1.165, 1.54) is 4.52 Å². The molecule has 0 spiro atoms. The second-order valence-electron chi connectivity index (χ2n) is 6.98. The maximum absolute atomic E-state index is 12.8. The normalized spacial score (nSPS) is 14.4. The van der Waals surface area contributed by atoms with Gasteiger partial charge in [-0.25, -0.2) is 10.4 Å². The van der Waals surface area contributed by atoms with Crippen LogP contribution in [0.1, 0.15) is 42.1 Å². The monoisotopic (exact) mass is 366 g/mol. The average Bonchev–Trinajstić information content (AvgIpc) is 3.28. The van der Waals surface area contributed by atoms with Gasteiger partial charge in [-0.15, -0.1) is 0 Å². The molecule has 4 heterocycles. The molecule has 0 unspecified atom stereocenters. The number of nitrogens with zero attached hydrogens (tertiary/aromatic N) is 4. The molecule has 4 rings (SSSR count). The fourth-order valence-electron chi connectivity index (χ4n) is 3.44. The van der Waals surface area contributed by atoms with E-state index < -0.39 is 0 Å². The molecule has 140 valence electrons. The molecule has 8 nitrogen and oxygen atoms in total. The summed E-state index contributed by atoms with van der Waals surface area (Å²) in [6, 6.07) is 3.68. The molecule has 3 aromatic heterocycles. The van der Waals surface area contributed by atoms with Crippen LogP contribution in [-0.2, 0) is 6.61 Å². The number of aliphatic hydroxyl groups excluding tert-OH is 1. The Morgan fingerprint density at radius 3 is 2.78 bits per heavy atom. The van der Waals surface area contributed by atoms with Crippen LogP contribution < -0.4 is 16.0 Å². The standard InChI is InChI=1S/C19H22N6O2/c1-11(2)17-12(3)23-18-15(8-22-25(18)19(17)27)14-7-21-24(9-14)16-5-4-13(10-26)6-20-16/h4-6,8-9,11,21,23,26H,7,10H2,1-3H3. The van der Waals surface area contributed by atoms with E-state index in [2.05, 4.69) is 20.5 Å². The Morgan fingerprint density at radius 1 is 1.30 bits per heavy atom. The number of aromatic amines is 1. The second-order valence-corrected chi connectivity index (χ2v) is 6.98. The second kappa shape index (κ2) is 6.64. The Labute approximate surface area is 156 Å². The van der Waals surface area contributed by atoms with Gasteiger partial charge in [-0.05, 0) is 30.0 Å². The van der Waals surface area contributed by atoms with Crippen LogP contribution in [0.4, 0.5) is 5.82 Å². The third-order valence-electron chi connectivity index (χ3n) is 4.79. The first-order chi connectivity index (χ1) is 13.0. The number of hydrogen-bond donors (Lipinski definition) is 3. The van der Waals surface area contributed by atoms with Crippen molar-refractivity contribution >= 4 is 17.0 Å². The number of aliphatic hydroxyl groups is 1. The molecule has 3 aromatic rings. The predicted octanol–water partition coefficient (Wildman–Crippen LogP) is 1.71. The van der Waals surface area contributed by atoms with E-state index in [-0.39, 0.29) is 18.1 Å². The number of aromatic nitrogens is 4. The number of fused-ring (bicyclic) bond motifs is 1. The van der Waals surface area contributed by atoms with E-state index in [9.17, 15) is 4.79 Å². The van der Waals surface area contributed by atoms with Crippen molar-refractivity contribution in [3.63, 3.8) is 0 Å². The molecule has 0 aliphatic carbocycles. The highest BCUT2D eigenvalue weighted by Crippen LogP contribution is 2.25. The molecule has 0 atom stereocenters. The van der Waals surface area contributed by atoms with Crippen molar-refractivity contribution in [3.05, 3.63) is 63.5 Å². The SMILES string of the molecule is Cc1[nH]c2c(C3=CN(c4ccc(CO)cn4)NC3)cnn2c(=O)c1C(C)C. The summed E-state index contributed by atoms with van der Waals surface area (Å²) >= 11 is 0. The Morgan fingerprint density at radius 2 is 2.11 bits per heavy atom. The van der Waals surface area contributed by atoms with Crippen molar-refractivity contribution in [2.75, 3.05) is 11.6 Å². The van der Waals surface area contributed by atoms with Gasteiger partial charge in [-0.2, -0.15) is 9.61 Å². The first kappa shape index (κ1) is 17.4. The molecule has 0 fully saturated rings. The van der Waals surface area contributed by atoms with Crippen LogP contribution in [0.3, 0.4) is 0 Å². The lowest BCUT2D eigenvalue weighted by Gasteiger charge is -2.14. The summed E-state index contributed by atoms with van der Waals surface area (Å²) in [6.07, 6.45) is 5.31. The van der Waals surface area contributed by atoms with Gasteiger partial charge in [0.25, 0.3) is 5.56 Å². The Kier molecular flexibility index (Phi) is 4.29. The first-order valence-corrected chi connectivity index (χ1v) is 8.89. The number of hydrazine groups is 1. The smallest absolute Gasteiger partial charge is 0.278 e. The molecule has 0 bridgehead atoms. The van der Waals surface area contributed by atoms with E-state index in [0.717, 1.165) is 33.8 Å². The minimum atomic E-state index is -0.0767. The number of nitrogens with one attached hydrogen (secondary N) is 2. The number of H-pyrrole nitrogens is 1. The molecule has 0 saturated carbocycles. The van der Waals surface area contributed by atoms with Crippen LogP contribution in [0.5, 0.6) is 0 Å². The lowest BCUT2D eigenvalue weighted by Crippen LogP contribution is -2.29. The molecular formula is C19H22N6O2. The highest BCUT2D eigenvalue weighted by molar-refractivity contribution is 5.80. The highest BCUT2D eigenvalue weighted by atomic mass is 16.3. The number of hydrogen-bond acceptors (Lipinski definition) is 6. The summed E-state index contributed by atoms with van der Waals surface area (Å²) in [5.74, 6) is 0.854. The molecule has 3 N–H and O–H groups in total. The van der Waals surface area contributed by atoms with E-state index in [1.54, 1.807) is 12.4 Å². The largest absolute Gasteiger partial charge is 0.392 e. The highest BCUT2D eigenvalue weighted by Gasteiger charge is 2.21. The Hall–Kier alpha value is -2.97. The van der Waals surface area contributed by atoms with Crippen LogP contribution in [0.2, 0.25) is 0 Å². The summed E-state index contributed by atoms with van der Waals surface area (Å²) in [7, 11) is 0. The van der Waals surface area contributed by atoms with Crippen molar-refractivity contribution in [1.82, 2.24) is 25.0 Å². The van der Waals surface area contributed by atoms with Gasteiger partial charge < -0.3 is 10.1 Å². The zero-order chi connectivity index (χ0) is 19.1. The van der Waals surface area contributed by atoms with E-state index in [1.807, 2.05) is 44.1 Å². The molecule has 8 heteroatoms. The molecule has 0 aromatic carbocycles. The van der Waals surface area contributed by atoms with Gasteiger partial charge in [0.2, 0.25) is 0 Å². The third-order valence-corrected chi connectivity index (χ3v) is 4.79. The van der Waals surface area contributed by atoms with Gasteiger partial charge >= 0.3 is 0 Å². The summed E-state index contributed by atoms with van der Waals surface area (Å²) in [5, 5.41) is 15.3. The molecule has 0 saturated heterocycles. The predicted molar refractivity (Wildman–Crippen MR) is 103 cm³/mol. The molecule has 0 radical (unpaired) electrons. The van der Waals surface area contributed by atoms with Gasteiger partial charge in [0, 0.05) is 35.8 Å². The first-order valence-electron chi connectivity index (χ1n) is 8.89. The third kappa shape index (κ3) is 2.92. The van der Waals surface area contributed by atoms with Gasteiger partial charge in [-0.3, -0.25) is 9.80 Å². The molecule has 1 aliphatic rings. The van der Waals surface area contributed by atoms with Crippen LogP contribution in [0.15, 0.2) is 35.5 Å². The average molecular weight is 366 g/mol. The van der Waals surface area contributed by atoms with Gasteiger partial charge in [0.05, 0.1) is 12.8 Å². The van der Waals surface area contributed by atoms with Gasteiger partial charge in [-0.1, -0.05) is 19.9 Å². The molecule has 0 amide bonds. The fourth-order valence-corrected chi connectivity index (χ4v) is 3.44. The lowest BCUT2D eigenvalue weighted by atomic mass is 10.0.